The van der Waals surface area contributed by atoms with Crippen molar-refractivity contribution < 1.29 is 14.2 Å². The van der Waals surface area contributed by atoms with E-state index < -0.39 is 0 Å². The van der Waals surface area contributed by atoms with Crippen LogP contribution >= 0.6 is 0 Å². The maximum absolute atomic E-state index is 5.68. The Morgan fingerprint density at radius 3 is 2.45 bits per heavy atom. The molecule has 1 aromatic rings. The minimum Gasteiger partial charge on any atom is -0.494 e. The largest absolute Gasteiger partial charge is 0.494 e. The van der Waals surface area contributed by atoms with Crippen molar-refractivity contribution in [2.24, 2.45) is 5.92 Å². The molecule has 1 aliphatic rings. The Balaban J connectivity index is 1.56. The maximum Gasteiger partial charge on any atom is 0.119 e. The van der Waals surface area contributed by atoms with Crippen LogP contribution in [0.1, 0.15) is 19.8 Å². The van der Waals surface area contributed by atoms with E-state index in [0.717, 1.165) is 50.8 Å². The minimum atomic E-state index is 0.671. The average Bonchev–Trinajstić information content (AvgIpc) is 2.99. The zero-order valence-corrected chi connectivity index (χ0v) is 12.3. The molecule has 4 nitrogen and oxygen atoms in total. The molecule has 0 spiro atoms. The molecule has 1 unspecified atom stereocenters. The lowest BCUT2D eigenvalue weighted by Crippen LogP contribution is -2.27. The highest BCUT2D eigenvalue weighted by Gasteiger charge is 2.14. The van der Waals surface area contributed by atoms with E-state index in [4.69, 9.17) is 14.2 Å². The summed E-state index contributed by atoms with van der Waals surface area (Å²) in [5.41, 5.74) is 0. The van der Waals surface area contributed by atoms with Crippen LogP contribution in [0.3, 0.4) is 0 Å². The number of rotatable bonds is 9. The third-order valence-corrected chi connectivity index (χ3v) is 3.30. The highest BCUT2D eigenvalue weighted by molar-refractivity contribution is 5.31. The first-order valence-electron chi connectivity index (χ1n) is 7.52. The van der Waals surface area contributed by atoms with Crippen LogP contribution in [0, 0.1) is 5.92 Å². The first-order chi connectivity index (χ1) is 9.88. The summed E-state index contributed by atoms with van der Waals surface area (Å²) in [6, 6.07) is 7.81. The molecule has 1 N–H and O–H groups in total. The van der Waals surface area contributed by atoms with Gasteiger partial charge < -0.3 is 19.5 Å². The number of hydrogen-bond acceptors (Lipinski definition) is 4. The molecule has 0 aromatic heterocycles. The van der Waals surface area contributed by atoms with Gasteiger partial charge in [-0.2, -0.15) is 0 Å². The molecule has 112 valence electrons. The third-order valence-electron chi connectivity index (χ3n) is 3.30. The van der Waals surface area contributed by atoms with Gasteiger partial charge >= 0.3 is 0 Å². The fourth-order valence-electron chi connectivity index (χ4n) is 2.14. The van der Waals surface area contributed by atoms with Gasteiger partial charge in [-0.1, -0.05) is 6.92 Å². The van der Waals surface area contributed by atoms with E-state index >= 15 is 0 Å². The highest BCUT2D eigenvalue weighted by Crippen LogP contribution is 2.17. The lowest BCUT2D eigenvalue weighted by atomic mass is 10.1. The predicted molar refractivity (Wildman–Crippen MR) is 79.5 cm³/mol. The van der Waals surface area contributed by atoms with E-state index in [1.807, 2.05) is 24.3 Å². The van der Waals surface area contributed by atoms with Gasteiger partial charge in [-0.3, -0.25) is 0 Å². The van der Waals surface area contributed by atoms with Gasteiger partial charge in [0.1, 0.15) is 18.1 Å². The van der Waals surface area contributed by atoms with Crippen molar-refractivity contribution in [3.63, 3.8) is 0 Å². The van der Waals surface area contributed by atoms with Crippen LogP contribution in [0.15, 0.2) is 24.3 Å². The van der Waals surface area contributed by atoms with Crippen molar-refractivity contribution in [1.29, 1.82) is 0 Å². The first-order valence-corrected chi connectivity index (χ1v) is 7.52. The van der Waals surface area contributed by atoms with Gasteiger partial charge in [0.05, 0.1) is 13.2 Å². The van der Waals surface area contributed by atoms with Crippen molar-refractivity contribution in [3.8, 4) is 11.5 Å². The van der Waals surface area contributed by atoms with Crippen LogP contribution in [-0.4, -0.2) is 39.5 Å². The van der Waals surface area contributed by atoms with Gasteiger partial charge in [-0.15, -0.1) is 0 Å². The zero-order chi connectivity index (χ0) is 14.0. The summed E-state index contributed by atoms with van der Waals surface area (Å²) in [7, 11) is 0. The Hall–Kier alpha value is -1.26. The molecule has 4 heteroatoms. The van der Waals surface area contributed by atoms with E-state index in [-0.39, 0.29) is 0 Å². The molecule has 1 atom stereocenters. The summed E-state index contributed by atoms with van der Waals surface area (Å²) >= 11 is 0. The second-order valence-corrected chi connectivity index (χ2v) is 5.10. The fraction of sp³-hybridized carbons (Fsp3) is 0.625. The molecule has 1 heterocycles. The Morgan fingerprint density at radius 2 is 1.85 bits per heavy atom. The van der Waals surface area contributed by atoms with Gasteiger partial charge in [-0.05, 0) is 43.0 Å². The van der Waals surface area contributed by atoms with E-state index in [9.17, 15) is 0 Å². The van der Waals surface area contributed by atoms with Gasteiger partial charge in [-0.25, -0.2) is 0 Å². The smallest absolute Gasteiger partial charge is 0.119 e. The zero-order valence-electron chi connectivity index (χ0n) is 12.3. The quantitative estimate of drug-likeness (QED) is 0.705. The van der Waals surface area contributed by atoms with Crippen LogP contribution < -0.4 is 14.8 Å². The summed E-state index contributed by atoms with van der Waals surface area (Å²) in [5, 5.41) is 3.41. The van der Waals surface area contributed by atoms with E-state index in [0.29, 0.717) is 12.5 Å². The van der Waals surface area contributed by atoms with Crippen LogP contribution in [0.2, 0.25) is 0 Å². The van der Waals surface area contributed by atoms with Crippen LogP contribution in [-0.2, 0) is 4.74 Å². The summed E-state index contributed by atoms with van der Waals surface area (Å²) in [4.78, 5) is 0. The summed E-state index contributed by atoms with van der Waals surface area (Å²) in [6.07, 6.45) is 2.20. The lowest BCUT2D eigenvalue weighted by molar-refractivity contribution is 0.185. The molecule has 2 rings (SSSR count). The summed E-state index contributed by atoms with van der Waals surface area (Å²) in [6.45, 7) is 7.24. The van der Waals surface area contributed by atoms with Crippen LogP contribution in [0.5, 0.6) is 11.5 Å². The minimum absolute atomic E-state index is 0.671. The molecule has 1 fully saturated rings. The van der Waals surface area contributed by atoms with Crippen molar-refractivity contribution in [3.05, 3.63) is 24.3 Å². The van der Waals surface area contributed by atoms with E-state index in [2.05, 4.69) is 12.2 Å². The summed E-state index contributed by atoms with van der Waals surface area (Å²) < 4.78 is 16.6. The van der Waals surface area contributed by atoms with Gasteiger partial charge in [0.15, 0.2) is 0 Å². The SMILES string of the molecule is CCCOc1ccc(OCCNCC2CCOC2)cc1. The van der Waals surface area contributed by atoms with Crippen LogP contribution in [0.25, 0.3) is 0 Å². The first kappa shape index (κ1) is 15.1. The molecule has 0 saturated carbocycles. The molecule has 1 saturated heterocycles. The number of benzene rings is 1. The Morgan fingerprint density at radius 1 is 1.15 bits per heavy atom. The standard InChI is InChI=1S/C16H25NO3/c1-2-9-19-15-3-5-16(6-4-15)20-11-8-17-12-14-7-10-18-13-14/h3-6,14,17H,2,7-13H2,1H3. The predicted octanol–water partition coefficient (Wildman–Crippen LogP) is 2.48. The Bertz CT molecular complexity index is 360. The number of nitrogens with one attached hydrogen (secondary N) is 1. The highest BCUT2D eigenvalue weighted by atomic mass is 16.5. The molecular formula is C16H25NO3. The monoisotopic (exact) mass is 279 g/mol. The molecular weight excluding hydrogens is 254 g/mol. The van der Waals surface area contributed by atoms with Crippen LogP contribution in [0.4, 0.5) is 0 Å². The molecule has 0 bridgehead atoms. The molecule has 0 aliphatic carbocycles. The van der Waals surface area contributed by atoms with Crippen molar-refractivity contribution in [1.82, 2.24) is 5.32 Å². The second-order valence-electron chi connectivity index (χ2n) is 5.10. The summed E-state index contributed by atoms with van der Waals surface area (Å²) in [5.74, 6) is 2.46. The topological polar surface area (TPSA) is 39.7 Å². The fourth-order valence-corrected chi connectivity index (χ4v) is 2.14. The van der Waals surface area contributed by atoms with Crippen molar-refractivity contribution in [2.75, 3.05) is 39.5 Å². The molecule has 1 aliphatic heterocycles. The molecule has 0 radical (unpaired) electrons. The van der Waals surface area contributed by atoms with E-state index in [1.54, 1.807) is 0 Å². The van der Waals surface area contributed by atoms with Crippen molar-refractivity contribution >= 4 is 0 Å². The van der Waals surface area contributed by atoms with E-state index in [1.165, 1.54) is 6.42 Å². The van der Waals surface area contributed by atoms with Gasteiger partial charge in [0, 0.05) is 19.7 Å². The lowest BCUT2D eigenvalue weighted by Gasteiger charge is -2.11. The van der Waals surface area contributed by atoms with Gasteiger partial charge in [0.2, 0.25) is 0 Å². The Kier molecular flexibility index (Phi) is 6.68. The Labute approximate surface area is 121 Å². The maximum atomic E-state index is 5.68. The average molecular weight is 279 g/mol. The molecule has 0 amide bonds. The normalized spacial score (nSPS) is 18.1. The number of ether oxygens (including phenoxy) is 3. The van der Waals surface area contributed by atoms with Gasteiger partial charge in [0.25, 0.3) is 0 Å². The number of hydrogen-bond donors (Lipinski definition) is 1. The van der Waals surface area contributed by atoms with Crippen molar-refractivity contribution in [2.45, 2.75) is 19.8 Å². The molecule has 1 aromatic carbocycles. The second kappa shape index (κ2) is 8.82. The third kappa shape index (κ3) is 5.39. The molecule has 20 heavy (non-hydrogen) atoms.